The fraction of sp³-hybridized carbons (Fsp3) is 0.0769. The summed E-state index contributed by atoms with van der Waals surface area (Å²) in [6.45, 7) is 0. The van der Waals surface area contributed by atoms with Crippen LogP contribution < -0.4 is 0 Å². The van der Waals surface area contributed by atoms with Gasteiger partial charge in [0, 0.05) is 28.7 Å². The van der Waals surface area contributed by atoms with Gasteiger partial charge in [0.05, 0.1) is 0 Å². The summed E-state index contributed by atoms with van der Waals surface area (Å²) in [6, 6.07) is 0. The standard InChI is InChI=1S/C8H7S.C5H5.Fe/c1-2-4-7(3-1)8-5-9-6-8;1-2-4-5-3-1;/h1-5H,6H2;1-5H;. The minimum atomic E-state index is 0. The predicted octanol–water partition coefficient (Wildman–Crippen LogP) is 3.04. The van der Waals surface area contributed by atoms with Crippen molar-refractivity contribution in [3.05, 3.63) is 74.7 Å². The van der Waals surface area contributed by atoms with Crippen LogP contribution in [0.25, 0.3) is 0 Å². The molecule has 0 N–H and O–H groups in total. The molecule has 2 aliphatic carbocycles. The fourth-order valence-corrected chi connectivity index (χ4v) is 1.86. The summed E-state index contributed by atoms with van der Waals surface area (Å²) in [5.74, 6) is 2.60. The van der Waals surface area contributed by atoms with Gasteiger partial charge in [0.2, 0.25) is 0 Å². The minimum absolute atomic E-state index is 0. The summed E-state index contributed by atoms with van der Waals surface area (Å²) in [7, 11) is 0. The van der Waals surface area contributed by atoms with Crippen LogP contribution in [-0.4, -0.2) is 5.75 Å². The average molecular weight is 256 g/mol. The van der Waals surface area contributed by atoms with Gasteiger partial charge in [0.1, 0.15) is 0 Å². The zero-order valence-electron chi connectivity index (χ0n) is 8.24. The Morgan fingerprint density at radius 3 is 1.60 bits per heavy atom. The molecule has 0 spiro atoms. The van der Waals surface area contributed by atoms with E-state index in [0.29, 0.717) is 0 Å². The first-order chi connectivity index (χ1) is 6.97. The van der Waals surface area contributed by atoms with E-state index in [4.69, 9.17) is 0 Å². The van der Waals surface area contributed by atoms with Gasteiger partial charge in [-0.25, -0.2) is 0 Å². The summed E-state index contributed by atoms with van der Waals surface area (Å²) < 4.78 is 0. The second kappa shape index (κ2) is 7.81. The van der Waals surface area contributed by atoms with Gasteiger partial charge < -0.3 is 0 Å². The maximum absolute atomic E-state index is 2.22. The van der Waals surface area contributed by atoms with Crippen LogP contribution in [-0.2, 0) is 17.1 Å². The molecule has 0 aromatic heterocycles. The van der Waals surface area contributed by atoms with Crippen molar-refractivity contribution < 1.29 is 17.1 Å². The molecule has 10 radical (unpaired) electrons. The Morgan fingerprint density at radius 2 is 1.27 bits per heavy atom. The van der Waals surface area contributed by atoms with E-state index in [1.165, 1.54) is 17.2 Å². The normalized spacial score (nSPS) is 24.7. The second-order valence-electron chi connectivity index (χ2n) is 3.09. The van der Waals surface area contributed by atoms with Crippen LogP contribution in [0.2, 0.25) is 0 Å². The summed E-state index contributed by atoms with van der Waals surface area (Å²) in [4.78, 5) is 0. The SMILES string of the molecule is [CH]1[CH][CH][CH][CH]1.[CH]1[CH][CH][C](C2=CSC2)[CH]1.[Fe]. The van der Waals surface area contributed by atoms with Crippen molar-refractivity contribution in [3.8, 4) is 0 Å². The molecule has 1 aliphatic heterocycles. The van der Waals surface area contributed by atoms with Crippen LogP contribution in [0.4, 0.5) is 0 Å². The van der Waals surface area contributed by atoms with Crippen molar-refractivity contribution in [1.82, 2.24) is 0 Å². The van der Waals surface area contributed by atoms with E-state index in [-0.39, 0.29) is 17.1 Å². The smallest absolute Gasteiger partial charge is 0.0199 e. The monoisotopic (exact) mass is 256 g/mol. The van der Waals surface area contributed by atoms with Crippen LogP contribution >= 0.6 is 11.8 Å². The van der Waals surface area contributed by atoms with Gasteiger partial charge >= 0.3 is 0 Å². The van der Waals surface area contributed by atoms with Crippen molar-refractivity contribution in [2.75, 3.05) is 5.75 Å². The molecule has 0 bridgehead atoms. The van der Waals surface area contributed by atoms with E-state index in [1.807, 2.05) is 43.9 Å². The van der Waals surface area contributed by atoms with Crippen LogP contribution in [0.3, 0.4) is 0 Å². The first kappa shape index (κ1) is 13.7. The molecule has 2 heteroatoms. The Bertz CT molecular complexity index is 183. The van der Waals surface area contributed by atoms with E-state index >= 15 is 0 Å². The zero-order chi connectivity index (χ0) is 9.64. The van der Waals surface area contributed by atoms with E-state index in [2.05, 4.69) is 31.1 Å². The van der Waals surface area contributed by atoms with Gasteiger partial charge in [0.15, 0.2) is 0 Å². The van der Waals surface area contributed by atoms with Gasteiger partial charge in [-0.3, -0.25) is 0 Å². The van der Waals surface area contributed by atoms with Gasteiger partial charge in [-0.05, 0) is 68.8 Å². The molecule has 15 heavy (non-hydrogen) atoms. The molecule has 0 aromatic rings. The summed E-state index contributed by atoms with van der Waals surface area (Å²) in [5.41, 5.74) is 1.49. The molecule has 3 aliphatic rings. The zero-order valence-corrected chi connectivity index (χ0v) is 10.2. The molecular formula is C13H12FeS. The quantitative estimate of drug-likeness (QED) is 0.650. The topological polar surface area (TPSA) is 0 Å². The minimum Gasteiger partial charge on any atom is -0.130 e. The summed E-state index contributed by atoms with van der Waals surface area (Å²) >= 11 is 1.88. The van der Waals surface area contributed by atoms with Crippen LogP contribution in [0.5, 0.6) is 0 Å². The number of rotatable bonds is 1. The molecule has 0 aromatic carbocycles. The van der Waals surface area contributed by atoms with Crippen molar-refractivity contribution in [3.63, 3.8) is 0 Å². The Labute approximate surface area is 109 Å². The van der Waals surface area contributed by atoms with Crippen molar-refractivity contribution >= 4 is 11.8 Å². The molecule has 2 saturated carbocycles. The van der Waals surface area contributed by atoms with Gasteiger partial charge in [0.25, 0.3) is 0 Å². The molecule has 0 unspecified atom stereocenters. The molecule has 3 rings (SSSR count). The first-order valence-corrected chi connectivity index (χ1v) is 5.71. The third kappa shape index (κ3) is 4.54. The summed E-state index contributed by atoms with van der Waals surface area (Å²) in [6.07, 6.45) is 18.5. The van der Waals surface area contributed by atoms with Crippen LogP contribution in [0.1, 0.15) is 0 Å². The third-order valence-corrected chi connectivity index (χ3v) is 2.98. The summed E-state index contributed by atoms with van der Waals surface area (Å²) in [5, 5.41) is 2.22. The van der Waals surface area contributed by atoms with Gasteiger partial charge in [-0.15, -0.1) is 11.8 Å². The number of hydrogen-bond acceptors (Lipinski definition) is 1. The molecule has 2 fully saturated rings. The average Bonchev–Trinajstić information content (AvgIpc) is 2.75. The molecule has 0 atom stereocenters. The Kier molecular flexibility index (Phi) is 7.12. The molecule has 0 amide bonds. The van der Waals surface area contributed by atoms with Crippen LogP contribution in [0.15, 0.2) is 11.0 Å². The molecule has 1 heterocycles. The van der Waals surface area contributed by atoms with E-state index < -0.39 is 0 Å². The van der Waals surface area contributed by atoms with Gasteiger partial charge in [-0.2, -0.15) is 0 Å². The fourth-order valence-electron chi connectivity index (χ4n) is 1.23. The van der Waals surface area contributed by atoms with Crippen molar-refractivity contribution in [1.29, 1.82) is 0 Å². The number of hydrogen-bond donors (Lipinski definition) is 0. The maximum atomic E-state index is 2.22. The van der Waals surface area contributed by atoms with Crippen LogP contribution in [0, 0.1) is 63.7 Å². The largest absolute Gasteiger partial charge is 0.130 e. The molecule has 0 saturated heterocycles. The predicted molar refractivity (Wildman–Crippen MR) is 62.5 cm³/mol. The first-order valence-electron chi connectivity index (χ1n) is 4.66. The maximum Gasteiger partial charge on any atom is 0.0199 e. The van der Waals surface area contributed by atoms with E-state index in [1.54, 1.807) is 0 Å². The molecule has 78 valence electrons. The van der Waals surface area contributed by atoms with Crippen molar-refractivity contribution in [2.24, 2.45) is 0 Å². The second-order valence-corrected chi connectivity index (χ2v) is 3.95. The van der Waals surface area contributed by atoms with Crippen molar-refractivity contribution in [2.45, 2.75) is 0 Å². The third-order valence-electron chi connectivity index (χ3n) is 2.05. The Balaban J connectivity index is 0.000000162. The van der Waals surface area contributed by atoms with E-state index in [0.717, 1.165) is 0 Å². The molecular weight excluding hydrogens is 244 g/mol. The Hall–Kier alpha value is 0.609. The Morgan fingerprint density at radius 1 is 0.800 bits per heavy atom. The number of thioether (sulfide) groups is 1. The molecule has 0 nitrogen and oxygen atoms in total. The van der Waals surface area contributed by atoms with Gasteiger partial charge in [-0.1, -0.05) is 0 Å². The van der Waals surface area contributed by atoms with E-state index in [9.17, 15) is 0 Å².